The summed E-state index contributed by atoms with van der Waals surface area (Å²) in [5, 5.41) is 0. The molecule has 1 heterocycles. The molecule has 2 aliphatic rings. The van der Waals surface area contributed by atoms with Gasteiger partial charge in [0, 0.05) is 44.3 Å². The molecule has 33 heavy (non-hydrogen) atoms. The fourth-order valence-corrected chi connectivity index (χ4v) is 5.92. The number of aryl methyl sites for hydroxylation is 1. The van der Waals surface area contributed by atoms with Gasteiger partial charge in [0.15, 0.2) is 0 Å². The number of piperazine rings is 1. The van der Waals surface area contributed by atoms with Crippen LogP contribution >= 0.6 is 0 Å². The third-order valence-corrected chi connectivity index (χ3v) is 8.15. The number of nitrogens with one attached hydrogen (secondary N) is 1. The van der Waals surface area contributed by atoms with Crippen LogP contribution in [0.2, 0.25) is 0 Å². The predicted octanol–water partition coefficient (Wildman–Crippen LogP) is 3.72. The lowest BCUT2D eigenvalue weighted by atomic mass is 9.96. The molecular formula is C25H32FN3O3S. The molecule has 1 aliphatic carbocycles. The Kier molecular flexibility index (Phi) is 7.65. The summed E-state index contributed by atoms with van der Waals surface area (Å²) in [7, 11) is -3.51. The standard InChI is InChI=1S/C25H32FN3O3S/c26-21-9-11-23(12-10-21)28-16-18-29(19-17-28)25(30)15-8-20-6-13-24(14-7-20)33(31,32)27-22-4-2-1-3-5-22/h6-7,9-14,22,27H,1-5,8,15-19H2. The molecule has 8 heteroatoms. The molecule has 2 aromatic carbocycles. The summed E-state index contributed by atoms with van der Waals surface area (Å²) in [6, 6.07) is 13.3. The van der Waals surface area contributed by atoms with Crippen molar-refractivity contribution in [2.24, 2.45) is 0 Å². The number of carbonyl (C=O) groups is 1. The second kappa shape index (κ2) is 10.7. The first-order valence-electron chi connectivity index (χ1n) is 11.8. The molecular weight excluding hydrogens is 441 g/mol. The van der Waals surface area contributed by atoms with Gasteiger partial charge in [0.25, 0.3) is 0 Å². The monoisotopic (exact) mass is 473 g/mol. The Hall–Kier alpha value is -2.45. The van der Waals surface area contributed by atoms with Crippen molar-refractivity contribution in [2.75, 3.05) is 31.1 Å². The van der Waals surface area contributed by atoms with E-state index in [-0.39, 0.29) is 22.7 Å². The van der Waals surface area contributed by atoms with Gasteiger partial charge in [0.2, 0.25) is 15.9 Å². The van der Waals surface area contributed by atoms with Crippen molar-refractivity contribution in [2.45, 2.75) is 55.9 Å². The van der Waals surface area contributed by atoms with Crippen molar-refractivity contribution in [3.05, 3.63) is 59.9 Å². The van der Waals surface area contributed by atoms with Gasteiger partial charge in [0.05, 0.1) is 4.90 Å². The second-order valence-corrected chi connectivity index (χ2v) is 10.7. The van der Waals surface area contributed by atoms with Gasteiger partial charge >= 0.3 is 0 Å². The minimum Gasteiger partial charge on any atom is -0.368 e. The van der Waals surface area contributed by atoms with Crippen LogP contribution in [0.15, 0.2) is 53.4 Å². The molecule has 0 unspecified atom stereocenters. The molecule has 0 radical (unpaired) electrons. The van der Waals surface area contributed by atoms with Crippen LogP contribution in [0.5, 0.6) is 0 Å². The number of sulfonamides is 1. The van der Waals surface area contributed by atoms with Gasteiger partial charge in [-0.3, -0.25) is 4.79 Å². The number of anilines is 1. The van der Waals surface area contributed by atoms with Crippen molar-refractivity contribution >= 4 is 21.6 Å². The zero-order chi connectivity index (χ0) is 23.3. The number of hydrogen-bond donors (Lipinski definition) is 1. The average Bonchev–Trinajstić information content (AvgIpc) is 2.84. The van der Waals surface area contributed by atoms with E-state index in [0.29, 0.717) is 25.9 Å². The molecule has 0 atom stereocenters. The number of rotatable bonds is 7. The first-order valence-corrected chi connectivity index (χ1v) is 13.3. The van der Waals surface area contributed by atoms with Crippen molar-refractivity contribution in [3.63, 3.8) is 0 Å². The zero-order valence-corrected chi connectivity index (χ0v) is 19.7. The first-order chi connectivity index (χ1) is 15.9. The van der Waals surface area contributed by atoms with E-state index < -0.39 is 10.0 Å². The molecule has 4 rings (SSSR count). The van der Waals surface area contributed by atoms with Crippen molar-refractivity contribution < 1.29 is 17.6 Å². The Balaban J connectivity index is 1.24. The number of nitrogens with zero attached hydrogens (tertiary/aromatic N) is 2. The number of halogens is 1. The third-order valence-electron chi connectivity index (χ3n) is 6.61. The van der Waals surface area contributed by atoms with Crippen molar-refractivity contribution in [3.8, 4) is 0 Å². The van der Waals surface area contributed by atoms with E-state index in [0.717, 1.165) is 50.0 Å². The lowest BCUT2D eigenvalue weighted by Crippen LogP contribution is -2.48. The van der Waals surface area contributed by atoms with E-state index in [2.05, 4.69) is 9.62 Å². The zero-order valence-electron chi connectivity index (χ0n) is 18.9. The Labute approximate surface area is 195 Å². The van der Waals surface area contributed by atoms with Gasteiger partial charge in [-0.2, -0.15) is 0 Å². The van der Waals surface area contributed by atoms with E-state index in [1.165, 1.54) is 18.6 Å². The summed E-state index contributed by atoms with van der Waals surface area (Å²) in [5.41, 5.74) is 1.92. The first kappa shape index (κ1) is 23.7. The Bertz CT molecular complexity index is 1030. The summed E-state index contributed by atoms with van der Waals surface area (Å²) in [4.78, 5) is 17.0. The smallest absolute Gasteiger partial charge is 0.240 e. The number of hydrogen-bond acceptors (Lipinski definition) is 4. The number of carbonyl (C=O) groups excluding carboxylic acids is 1. The van der Waals surface area contributed by atoms with Gasteiger partial charge in [-0.05, 0) is 61.2 Å². The van der Waals surface area contributed by atoms with Crippen LogP contribution in [0.25, 0.3) is 0 Å². The van der Waals surface area contributed by atoms with E-state index >= 15 is 0 Å². The fraction of sp³-hybridized carbons (Fsp3) is 0.480. The quantitative estimate of drug-likeness (QED) is 0.666. The highest BCUT2D eigenvalue weighted by atomic mass is 32.2. The highest BCUT2D eigenvalue weighted by Crippen LogP contribution is 2.21. The minimum atomic E-state index is -3.51. The van der Waals surface area contributed by atoms with Crippen molar-refractivity contribution in [1.29, 1.82) is 0 Å². The van der Waals surface area contributed by atoms with Crippen LogP contribution in [-0.4, -0.2) is 51.4 Å². The average molecular weight is 474 g/mol. The van der Waals surface area contributed by atoms with Crippen molar-refractivity contribution in [1.82, 2.24) is 9.62 Å². The molecule has 0 spiro atoms. The third kappa shape index (κ3) is 6.32. The largest absolute Gasteiger partial charge is 0.368 e. The fourth-order valence-electron chi connectivity index (χ4n) is 4.62. The van der Waals surface area contributed by atoms with Gasteiger partial charge in [0.1, 0.15) is 5.82 Å². The maximum absolute atomic E-state index is 13.1. The molecule has 1 amide bonds. The highest BCUT2D eigenvalue weighted by Gasteiger charge is 2.23. The topological polar surface area (TPSA) is 69.7 Å². The molecule has 0 aromatic heterocycles. The van der Waals surface area contributed by atoms with Crippen LogP contribution in [-0.2, 0) is 21.2 Å². The molecule has 2 fully saturated rings. The minimum absolute atomic E-state index is 0.0320. The predicted molar refractivity (Wildman–Crippen MR) is 127 cm³/mol. The lowest BCUT2D eigenvalue weighted by molar-refractivity contribution is -0.131. The summed E-state index contributed by atoms with van der Waals surface area (Å²) in [6.45, 7) is 2.72. The molecule has 1 aliphatic heterocycles. The molecule has 178 valence electrons. The van der Waals surface area contributed by atoms with E-state index in [4.69, 9.17) is 0 Å². The number of benzene rings is 2. The molecule has 1 saturated heterocycles. The van der Waals surface area contributed by atoms with E-state index in [1.54, 1.807) is 36.4 Å². The van der Waals surface area contributed by atoms with Crippen LogP contribution in [0.3, 0.4) is 0 Å². The SMILES string of the molecule is O=C(CCc1ccc(S(=O)(=O)NC2CCCCC2)cc1)N1CCN(c2ccc(F)cc2)CC1. The summed E-state index contributed by atoms with van der Waals surface area (Å²) >= 11 is 0. The molecule has 0 bridgehead atoms. The van der Waals surface area contributed by atoms with E-state index in [1.807, 2.05) is 4.90 Å². The van der Waals surface area contributed by atoms with Gasteiger partial charge < -0.3 is 9.80 Å². The number of amides is 1. The summed E-state index contributed by atoms with van der Waals surface area (Å²) in [6.07, 6.45) is 6.09. The summed E-state index contributed by atoms with van der Waals surface area (Å²) in [5.74, 6) is -0.150. The van der Waals surface area contributed by atoms with Crippen LogP contribution in [0, 0.1) is 5.82 Å². The van der Waals surface area contributed by atoms with Gasteiger partial charge in [-0.15, -0.1) is 0 Å². The summed E-state index contributed by atoms with van der Waals surface area (Å²) < 4.78 is 41.2. The van der Waals surface area contributed by atoms with Crippen LogP contribution in [0.4, 0.5) is 10.1 Å². The van der Waals surface area contributed by atoms with Crippen LogP contribution < -0.4 is 9.62 Å². The normalized spacial score (nSPS) is 17.8. The maximum atomic E-state index is 13.1. The molecule has 2 aromatic rings. The van der Waals surface area contributed by atoms with Crippen LogP contribution in [0.1, 0.15) is 44.1 Å². The van der Waals surface area contributed by atoms with Gasteiger partial charge in [-0.25, -0.2) is 17.5 Å². The molecule has 6 nitrogen and oxygen atoms in total. The molecule has 1 N–H and O–H groups in total. The lowest BCUT2D eigenvalue weighted by Gasteiger charge is -2.36. The second-order valence-electron chi connectivity index (χ2n) is 8.94. The van der Waals surface area contributed by atoms with Gasteiger partial charge in [-0.1, -0.05) is 31.4 Å². The Morgan fingerprint density at radius 1 is 0.909 bits per heavy atom. The molecule has 1 saturated carbocycles. The maximum Gasteiger partial charge on any atom is 0.240 e. The highest BCUT2D eigenvalue weighted by molar-refractivity contribution is 7.89. The Morgan fingerprint density at radius 3 is 2.18 bits per heavy atom. The van der Waals surface area contributed by atoms with E-state index in [9.17, 15) is 17.6 Å². The Morgan fingerprint density at radius 2 is 1.55 bits per heavy atom.